The van der Waals surface area contributed by atoms with Crippen molar-refractivity contribution in [3.05, 3.63) is 64.7 Å². The first-order chi connectivity index (χ1) is 11.6. The van der Waals surface area contributed by atoms with Gasteiger partial charge in [0.2, 0.25) is 0 Å². The van der Waals surface area contributed by atoms with Crippen molar-refractivity contribution >= 4 is 11.9 Å². The molecule has 1 amide bonds. The molecular weight excluding hydrogens is 306 g/mol. The van der Waals surface area contributed by atoms with Crippen molar-refractivity contribution in [1.82, 2.24) is 4.90 Å². The second-order valence-electron chi connectivity index (χ2n) is 6.18. The highest BCUT2D eigenvalue weighted by Crippen LogP contribution is 2.30. The highest BCUT2D eigenvalue weighted by atomic mass is 16.5. The molecule has 1 unspecified atom stereocenters. The maximum absolute atomic E-state index is 12.8. The van der Waals surface area contributed by atoms with Crippen LogP contribution in [0.25, 0.3) is 0 Å². The molecule has 0 bridgehead atoms. The molecule has 5 nitrogen and oxygen atoms in total. The zero-order valence-electron chi connectivity index (χ0n) is 13.1. The molecule has 2 aliphatic heterocycles. The highest BCUT2D eigenvalue weighted by molar-refractivity contribution is 5.90. The number of carboxylic acids is 1. The van der Waals surface area contributed by atoms with Crippen molar-refractivity contribution in [1.29, 1.82) is 0 Å². The molecule has 24 heavy (non-hydrogen) atoms. The first-order valence-electron chi connectivity index (χ1n) is 8.01. The van der Waals surface area contributed by atoms with E-state index in [2.05, 4.69) is 0 Å². The Bertz CT molecular complexity index is 805. The monoisotopic (exact) mass is 323 g/mol. The number of benzene rings is 2. The molecule has 0 aliphatic carbocycles. The summed E-state index contributed by atoms with van der Waals surface area (Å²) in [6, 6.07) is 13.0. The Morgan fingerprint density at radius 2 is 1.88 bits per heavy atom. The number of hydrogen-bond acceptors (Lipinski definition) is 3. The van der Waals surface area contributed by atoms with E-state index in [9.17, 15) is 14.7 Å². The summed E-state index contributed by atoms with van der Waals surface area (Å²) in [5.74, 6) is -0.262. The third kappa shape index (κ3) is 2.42. The van der Waals surface area contributed by atoms with Crippen LogP contribution in [-0.2, 0) is 24.2 Å². The number of rotatable bonds is 2. The minimum Gasteiger partial charge on any atom is -0.480 e. The largest absolute Gasteiger partial charge is 0.480 e. The number of hydrogen-bond donors (Lipinski definition) is 1. The number of nitrogens with zero attached hydrogens (tertiary/aromatic N) is 1. The Hall–Kier alpha value is -2.82. The second kappa shape index (κ2) is 5.67. The summed E-state index contributed by atoms with van der Waals surface area (Å²) < 4.78 is 5.78. The lowest BCUT2D eigenvalue weighted by Gasteiger charge is -2.31. The van der Waals surface area contributed by atoms with E-state index in [1.807, 2.05) is 30.3 Å². The topological polar surface area (TPSA) is 66.8 Å². The van der Waals surface area contributed by atoms with E-state index in [-0.39, 0.29) is 11.5 Å². The van der Waals surface area contributed by atoms with Gasteiger partial charge in [-0.05, 0) is 35.2 Å². The summed E-state index contributed by atoms with van der Waals surface area (Å²) in [5.41, 5.74) is 3.06. The van der Waals surface area contributed by atoms with E-state index in [0.29, 0.717) is 25.9 Å². The van der Waals surface area contributed by atoms with Gasteiger partial charge in [0.05, 0.1) is 5.56 Å². The van der Waals surface area contributed by atoms with Gasteiger partial charge in [-0.1, -0.05) is 30.3 Å². The molecule has 0 aromatic heterocycles. The normalized spacial score (nSPS) is 18.5. The van der Waals surface area contributed by atoms with Gasteiger partial charge < -0.3 is 14.7 Å². The SMILES string of the molecule is O=C(O)c1cccc2c1CN(C(=O)C1Cc3ccccc3O1)CC2. The summed E-state index contributed by atoms with van der Waals surface area (Å²) in [7, 11) is 0. The van der Waals surface area contributed by atoms with Crippen LogP contribution in [0, 0.1) is 0 Å². The minimum atomic E-state index is -0.953. The van der Waals surface area contributed by atoms with Gasteiger partial charge >= 0.3 is 5.97 Å². The molecule has 0 fully saturated rings. The van der Waals surface area contributed by atoms with E-state index < -0.39 is 12.1 Å². The van der Waals surface area contributed by atoms with Crippen LogP contribution in [-0.4, -0.2) is 34.5 Å². The maximum Gasteiger partial charge on any atom is 0.336 e. The molecule has 2 aromatic carbocycles. The van der Waals surface area contributed by atoms with Crippen LogP contribution in [0.1, 0.15) is 27.0 Å². The lowest BCUT2D eigenvalue weighted by atomic mass is 9.94. The number of carboxylic acid groups (broad SMARTS) is 1. The Morgan fingerprint density at radius 1 is 1.08 bits per heavy atom. The van der Waals surface area contributed by atoms with Crippen molar-refractivity contribution in [2.24, 2.45) is 0 Å². The van der Waals surface area contributed by atoms with Crippen LogP contribution in [0.5, 0.6) is 5.75 Å². The van der Waals surface area contributed by atoms with E-state index in [4.69, 9.17) is 4.74 Å². The van der Waals surface area contributed by atoms with Crippen LogP contribution < -0.4 is 4.74 Å². The fourth-order valence-electron chi connectivity index (χ4n) is 3.49. The molecule has 4 rings (SSSR count). The summed E-state index contributed by atoms with van der Waals surface area (Å²) in [5, 5.41) is 9.37. The predicted octanol–water partition coefficient (Wildman–Crippen LogP) is 2.27. The van der Waals surface area contributed by atoms with Crippen LogP contribution in [0.15, 0.2) is 42.5 Å². The van der Waals surface area contributed by atoms with Crippen molar-refractivity contribution in [2.75, 3.05) is 6.54 Å². The van der Waals surface area contributed by atoms with E-state index in [0.717, 1.165) is 22.4 Å². The Morgan fingerprint density at radius 3 is 2.67 bits per heavy atom. The minimum absolute atomic E-state index is 0.0722. The van der Waals surface area contributed by atoms with Crippen LogP contribution >= 0.6 is 0 Å². The van der Waals surface area contributed by atoms with Crippen molar-refractivity contribution in [2.45, 2.75) is 25.5 Å². The Kier molecular flexibility index (Phi) is 3.49. The fourth-order valence-corrected chi connectivity index (χ4v) is 3.49. The molecule has 5 heteroatoms. The van der Waals surface area contributed by atoms with Gasteiger partial charge in [-0.15, -0.1) is 0 Å². The van der Waals surface area contributed by atoms with Gasteiger partial charge in [-0.2, -0.15) is 0 Å². The molecule has 0 spiro atoms. The van der Waals surface area contributed by atoms with Gasteiger partial charge in [0.25, 0.3) is 5.91 Å². The van der Waals surface area contributed by atoms with Crippen LogP contribution in [0.4, 0.5) is 0 Å². The number of para-hydroxylation sites is 1. The molecule has 0 radical (unpaired) electrons. The molecule has 0 saturated heterocycles. The van der Waals surface area contributed by atoms with Gasteiger partial charge in [-0.3, -0.25) is 4.79 Å². The first-order valence-corrected chi connectivity index (χ1v) is 8.01. The zero-order valence-corrected chi connectivity index (χ0v) is 13.1. The number of carbonyl (C=O) groups excluding carboxylic acids is 1. The lowest BCUT2D eigenvalue weighted by molar-refractivity contribution is -0.138. The number of aromatic carboxylic acids is 1. The highest BCUT2D eigenvalue weighted by Gasteiger charge is 2.34. The molecule has 122 valence electrons. The fraction of sp³-hybridized carbons (Fsp3) is 0.263. The Balaban J connectivity index is 1.55. The number of ether oxygens (including phenoxy) is 1. The average molecular weight is 323 g/mol. The molecule has 2 heterocycles. The number of amides is 1. The molecule has 0 saturated carbocycles. The summed E-state index contributed by atoms with van der Waals surface area (Å²) in [6.45, 7) is 0.915. The van der Waals surface area contributed by atoms with Gasteiger partial charge in [0, 0.05) is 19.5 Å². The zero-order chi connectivity index (χ0) is 16.7. The van der Waals surface area contributed by atoms with Crippen LogP contribution in [0.3, 0.4) is 0 Å². The van der Waals surface area contributed by atoms with Gasteiger partial charge in [0.1, 0.15) is 5.75 Å². The second-order valence-corrected chi connectivity index (χ2v) is 6.18. The smallest absolute Gasteiger partial charge is 0.336 e. The quantitative estimate of drug-likeness (QED) is 0.921. The molecule has 1 N–H and O–H groups in total. The first kappa shape index (κ1) is 14.8. The van der Waals surface area contributed by atoms with E-state index in [1.54, 1.807) is 17.0 Å². The predicted molar refractivity (Wildman–Crippen MR) is 87.1 cm³/mol. The van der Waals surface area contributed by atoms with Gasteiger partial charge in [0.15, 0.2) is 6.10 Å². The Labute approximate surface area is 139 Å². The molecule has 2 aromatic rings. The lowest BCUT2D eigenvalue weighted by Crippen LogP contribution is -2.44. The summed E-state index contributed by atoms with van der Waals surface area (Å²) in [6.07, 6.45) is 0.724. The molecule has 1 atom stereocenters. The molecular formula is C19H17NO4. The van der Waals surface area contributed by atoms with Crippen LogP contribution in [0.2, 0.25) is 0 Å². The van der Waals surface area contributed by atoms with Gasteiger partial charge in [-0.25, -0.2) is 4.79 Å². The van der Waals surface area contributed by atoms with E-state index in [1.165, 1.54) is 0 Å². The third-order valence-electron chi connectivity index (χ3n) is 4.74. The van der Waals surface area contributed by atoms with Crippen molar-refractivity contribution in [3.8, 4) is 5.75 Å². The average Bonchev–Trinajstić information content (AvgIpc) is 3.04. The number of carbonyl (C=O) groups is 2. The van der Waals surface area contributed by atoms with Crippen molar-refractivity contribution in [3.63, 3.8) is 0 Å². The van der Waals surface area contributed by atoms with E-state index >= 15 is 0 Å². The summed E-state index contributed by atoms with van der Waals surface area (Å²) in [4.78, 5) is 26.0. The molecule has 2 aliphatic rings. The summed E-state index contributed by atoms with van der Waals surface area (Å²) >= 11 is 0. The number of fused-ring (bicyclic) bond motifs is 2. The standard InChI is InChI=1S/C19H17NO4/c21-18(17-10-13-4-1-2-7-16(13)24-17)20-9-8-12-5-3-6-14(19(22)23)15(12)11-20/h1-7,17H,8-11H2,(H,22,23). The van der Waals surface area contributed by atoms with Crippen molar-refractivity contribution < 1.29 is 19.4 Å². The maximum atomic E-state index is 12.8. The third-order valence-corrected chi connectivity index (χ3v) is 4.74.